The van der Waals surface area contributed by atoms with Crippen LogP contribution in [0.2, 0.25) is 0 Å². The summed E-state index contributed by atoms with van der Waals surface area (Å²) in [5.74, 6) is 0.945. The standard InChI is InChI=1S/C15H23NO2S2/c1-13-5-4-6-14(11-13)12-20(17,18)16-9-10-19-15-7-2-3-8-15/h4-6,11,15-16H,2-3,7-10,12H2,1H3. The van der Waals surface area contributed by atoms with Crippen molar-refractivity contribution in [3.05, 3.63) is 35.4 Å². The van der Waals surface area contributed by atoms with Gasteiger partial charge in [0.25, 0.3) is 0 Å². The van der Waals surface area contributed by atoms with Crippen molar-refractivity contribution < 1.29 is 8.42 Å². The topological polar surface area (TPSA) is 46.2 Å². The molecule has 0 unspecified atom stereocenters. The zero-order valence-electron chi connectivity index (χ0n) is 12.0. The quantitative estimate of drug-likeness (QED) is 0.787. The van der Waals surface area contributed by atoms with E-state index in [9.17, 15) is 8.42 Å². The Labute approximate surface area is 126 Å². The van der Waals surface area contributed by atoms with Gasteiger partial charge in [0.2, 0.25) is 10.0 Å². The first-order valence-corrected chi connectivity index (χ1v) is 9.90. The number of rotatable bonds is 7. The Hall–Kier alpha value is -0.520. The predicted octanol–water partition coefficient (Wildman–Crippen LogP) is 3.09. The second-order valence-corrected chi connectivity index (χ2v) is 8.63. The Morgan fingerprint density at radius 3 is 2.75 bits per heavy atom. The van der Waals surface area contributed by atoms with E-state index < -0.39 is 10.0 Å². The van der Waals surface area contributed by atoms with Gasteiger partial charge in [-0.1, -0.05) is 42.7 Å². The molecule has 1 aromatic carbocycles. The Morgan fingerprint density at radius 1 is 1.30 bits per heavy atom. The van der Waals surface area contributed by atoms with Crippen molar-refractivity contribution in [2.45, 2.75) is 43.6 Å². The van der Waals surface area contributed by atoms with E-state index in [4.69, 9.17) is 0 Å². The van der Waals surface area contributed by atoms with Crippen molar-refractivity contribution in [1.29, 1.82) is 0 Å². The van der Waals surface area contributed by atoms with Crippen LogP contribution >= 0.6 is 11.8 Å². The maximum absolute atomic E-state index is 12.0. The average molecular weight is 313 g/mol. The van der Waals surface area contributed by atoms with E-state index in [0.717, 1.165) is 22.1 Å². The Kier molecular flexibility index (Phi) is 5.93. The molecule has 1 saturated carbocycles. The fourth-order valence-electron chi connectivity index (χ4n) is 2.55. The van der Waals surface area contributed by atoms with Crippen LogP contribution in [-0.4, -0.2) is 26.0 Å². The van der Waals surface area contributed by atoms with Crippen molar-refractivity contribution in [3.8, 4) is 0 Å². The van der Waals surface area contributed by atoms with E-state index >= 15 is 0 Å². The molecule has 1 N–H and O–H groups in total. The predicted molar refractivity (Wildman–Crippen MR) is 86.5 cm³/mol. The summed E-state index contributed by atoms with van der Waals surface area (Å²) in [6, 6.07) is 7.66. The van der Waals surface area contributed by atoms with Crippen LogP contribution in [0.15, 0.2) is 24.3 Å². The maximum Gasteiger partial charge on any atom is 0.215 e. The van der Waals surface area contributed by atoms with Crippen molar-refractivity contribution >= 4 is 21.8 Å². The zero-order valence-corrected chi connectivity index (χ0v) is 13.6. The van der Waals surface area contributed by atoms with Crippen LogP contribution in [0.5, 0.6) is 0 Å². The van der Waals surface area contributed by atoms with Gasteiger partial charge in [-0.2, -0.15) is 11.8 Å². The highest BCUT2D eigenvalue weighted by molar-refractivity contribution is 8.00. The highest BCUT2D eigenvalue weighted by Gasteiger charge is 2.16. The number of benzene rings is 1. The van der Waals surface area contributed by atoms with Gasteiger partial charge in [0.1, 0.15) is 0 Å². The van der Waals surface area contributed by atoms with Crippen LogP contribution in [0, 0.1) is 6.92 Å². The third-order valence-corrected chi connectivity index (χ3v) is 6.26. The lowest BCUT2D eigenvalue weighted by molar-refractivity contribution is 0.583. The number of thioether (sulfide) groups is 1. The van der Waals surface area contributed by atoms with Crippen LogP contribution in [0.25, 0.3) is 0 Å². The van der Waals surface area contributed by atoms with Crippen LogP contribution in [0.4, 0.5) is 0 Å². The molecule has 0 heterocycles. The Bertz CT molecular complexity index is 522. The minimum Gasteiger partial charge on any atom is -0.214 e. The summed E-state index contributed by atoms with van der Waals surface area (Å²) in [7, 11) is -3.21. The number of hydrogen-bond acceptors (Lipinski definition) is 3. The molecule has 1 aliphatic rings. The summed E-state index contributed by atoms with van der Waals surface area (Å²) < 4.78 is 26.7. The largest absolute Gasteiger partial charge is 0.215 e. The molecule has 20 heavy (non-hydrogen) atoms. The van der Waals surface area contributed by atoms with Crippen molar-refractivity contribution in [1.82, 2.24) is 4.72 Å². The molecule has 3 nitrogen and oxygen atoms in total. The Balaban J connectivity index is 1.73. The second-order valence-electron chi connectivity index (χ2n) is 5.42. The summed E-state index contributed by atoms with van der Waals surface area (Å²) in [5.41, 5.74) is 1.94. The molecule has 0 atom stereocenters. The van der Waals surface area contributed by atoms with Gasteiger partial charge in [-0.3, -0.25) is 0 Å². The van der Waals surface area contributed by atoms with E-state index in [1.165, 1.54) is 25.7 Å². The summed E-state index contributed by atoms with van der Waals surface area (Å²) in [6.07, 6.45) is 5.24. The normalized spacial score (nSPS) is 16.6. The summed E-state index contributed by atoms with van der Waals surface area (Å²) in [6.45, 7) is 2.51. The first-order chi connectivity index (χ1) is 9.55. The molecule has 1 aromatic rings. The molecule has 0 spiro atoms. The molecule has 1 aliphatic carbocycles. The molecule has 0 radical (unpaired) electrons. The van der Waals surface area contributed by atoms with E-state index in [-0.39, 0.29) is 5.75 Å². The molecule has 0 bridgehead atoms. The SMILES string of the molecule is Cc1cccc(CS(=O)(=O)NCCSC2CCCC2)c1. The molecule has 112 valence electrons. The average Bonchev–Trinajstić information content (AvgIpc) is 2.87. The third kappa shape index (κ3) is 5.46. The molecule has 0 aliphatic heterocycles. The summed E-state index contributed by atoms with van der Waals surface area (Å²) in [4.78, 5) is 0. The molecule has 1 fully saturated rings. The van der Waals surface area contributed by atoms with E-state index in [2.05, 4.69) is 4.72 Å². The van der Waals surface area contributed by atoms with Crippen molar-refractivity contribution in [2.24, 2.45) is 0 Å². The van der Waals surface area contributed by atoms with Crippen LogP contribution in [0.1, 0.15) is 36.8 Å². The van der Waals surface area contributed by atoms with Gasteiger partial charge in [0.05, 0.1) is 5.75 Å². The van der Waals surface area contributed by atoms with Crippen LogP contribution in [-0.2, 0) is 15.8 Å². The lowest BCUT2D eigenvalue weighted by Gasteiger charge is -2.10. The highest BCUT2D eigenvalue weighted by Crippen LogP contribution is 2.28. The smallest absolute Gasteiger partial charge is 0.214 e. The second kappa shape index (κ2) is 7.48. The zero-order chi connectivity index (χ0) is 14.4. The van der Waals surface area contributed by atoms with E-state index in [1.807, 2.05) is 43.0 Å². The lowest BCUT2D eigenvalue weighted by atomic mass is 10.2. The molecule has 5 heteroatoms. The van der Waals surface area contributed by atoms with Crippen LogP contribution < -0.4 is 4.72 Å². The van der Waals surface area contributed by atoms with Gasteiger partial charge in [0.15, 0.2) is 0 Å². The minimum absolute atomic E-state index is 0.0722. The van der Waals surface area contributed by atoms with Gasteiger partial charge in [-0.15, -0.1) is 0 Å². The first kappa shape index (κ1) is 15.9. The molecular formula is C15H23NO2S2. The molecule has 0 aromatic heterocycles. The summed E-state index contributed by atoms with van der Waals surface area (Å²) >= 11 is 1.91. The van der Waals surface area contributed by atoms with Crippen LogP contribution in [0.3, 0.4) is 0 Å². The van der Waals surface area contributed by atoms with Gasteiger partial charge < -0.3 is 0 Å². The maximum atomic E-state index is 12.0. The van der Waals surface area contributed by atoms with Gasteiger partial charge in [-0.05, 0) is 25.3 Å². The van der Waals surface area contributed by atoms with Gasteiger partial charge in [-0.25, -0.2) is 13.1 Å². The Morgan fingerprint density at radius 2 is 2.05 bits per heavy atom. The highest BCUT2D eigenvalue weighted by atomic mass is 32.2. The first-order valence-electron chi connectivity index (χ1n) is 7.20. The lowest BCUT2D eigenvalue weighted by Crippen LogP contribution is -2.27. The number of hydrogen-bond donors (Lipinski definition) is 1. The van der Waals surface area contributed by atoms with Crippen molar-refractivity contribution in [2.75, 3.05) is 12.3 Å². The third-order valence-electron chi connectivity index (χ3n) is 3.52. The van der Waals surface area contributed by atoms with Gasteiger partial charge in [0, 0.05) is 17.5 Å². The fourth-order valence-corrected chi connectivity index (χ4v) is 5.03. The molecule has 2 rings (SSSR count). The monoisotopic (exact) mass is 313 g/mol. The molecule has 0 amide bonds. The molecule has 0 saturated heterocycles. The summed E-state index contributed by atoms with van der Waals surface area (Å²) in [5, 5.41) is 0.747. The minimum atomic E-state index is -3.21. The fraction of sp³-hybridized carbons (Fsp3) is 0.600. The number of sulfonamides is 1. The van der Waals surface area contributed by atoms with E-state index in [0.29, 0.717) is 6.54 Å². The van der Waals surface area contributed by atoms with Gasteiger partial charge >= 0.3 is 0 Å². The number of nitrogens with one attached hydrogen (secondary N) is 1. The van der Waals surface area contributed by atoms with Crippen molar-refractivity contribution in [3.63, 3.8) is 0 Å². The molecular weight excluding hydrogens is 290 g/mol. The van der Waals surface area contributed by atoms with E-state index in [1.54, 1.807) is 0 Å². The number of aryl methyl sites for hydroxylation is 1.